The molecular weight excluding hydrogens is 246 g/mol. The average Bonchev–Trinajstić information content (AvgIpc) is 2.40. The van der Waals surface area contributed by atoms with Gasteiger partial charge in [-0.1, -0.05) is 12.1 Å². The molecule has 0 bridgehead atoms. The molecule has 1 aliphatic rings. The first-order valence-electron chi connectivity index (χ1n) is 6.41. The Morgan fingerprint density at radius 2 is 2.11 bits per heavy atom. The van der Waals surface area contributed by atoms with Crippen molar-refractivity contribution in [3.05, 3.63) is 39.4 Å². The fraction of sp³-hybridized carbons (Fsp3) is 0.538. The summed E-state index contributed by atoms with van der Waals surface area (Å²) in [6, 6.07) is 5.41. The van der Waals surface area contributed by atoms with E-state index in [1.807, 2.05) is 13.0 Å². The van der Waals surface area contributed by atoms with Crippen molar-refractivity contribution in [2.45, 2.75) is 19.9 Å². The van der Waals surface area contributed by atoms with Crippen LogP contribution in [0.15, 0.2) is 18.2 Å². The largest absolute Gasteiger partial charge is 0.379 e. The van der Waals surface area contributed by atoms with Gasteiger partial charge in [0.1, 0.15) is 0 Å². The molecule has 1 heterocycles. The first kappa shape index (κ1) is 13.9. The number of nitro groups is 1. The van der Waals surface area contributed by atoms with Crippen LogP contribution in [0.1, 0.15) is 24.1 Å². The molecule has 1 unspecified atom stereocenters. The van der Waals surface area contributed by atoms with Gasteiger partial charge in [-0.25, -0.2) is 10.4 Å². The number of ether oxygens (including phenoxy) is 1. The molecule has 1 aromatic rings. The summed E-state index contributed by atoms with van der Waals surface area (Å²) >= 11 is 0. The monoisotopic (exact) mass is 265 g/mol. The van der Waals surface area contributed by atoms with Gasteiger partial charge >= 0.3 is 0 Å². The molecule has 19 heavy (non-hydrogen) atoms. The number of nitrogens with zero attached hydrogens (tertiary/aromatic N) is 2. The van der Waals surface area contributed by atoms with Crippen molar-refractivity contribution in [3.63, 3.8) is 0 Å². The highest BCUT2D eigenvalue weighted by atomic mass is 16.6. The highest BCUT2D eigenvalue weighted by Gasteiger charge is 2.17. The molecule has 6 nitrogen and oxygen atoms in total. The first-order chi connectivity index (χ1) is 9.08. The van der Waals surface area contributed by atoms with Crippen LogP contribution >= 0.6 is 0 Å². The van der Waals surface area contributed by atoms with Gasteiger partial charge in [0.2, 0.25) is 0 Å². The van der Waals surface area contributed by atoms with E-state index >= 15 is 0 Å². The van der Waals surface area contributed by atoms with Gasteiger partial charge in [0.15, 0.2) is 0 Å². The van der Waals surface area contributed by atoms with Crippen LogP contribution in [0.2, 0.25) is 0 Å². The van der Waals surface area contributed by atoms with E-state index < -0.39 is 0 Å². The Morgan fingerprint density at radius 3 is 2.74 bits per heavy atom. The second-order valence-corrected chi connectivity index (χ2v) is 4.75. The number of nitro benzene ring substituents is 1. The normalized spacial score (nSPS) is 18.2. The summed E-state index contributed by atoms with van der Waals surface area (Å²) in [7, 11) is 0. The Balaban J connectivity index is 2.07. The van der Waals surface area contributed by atoms with Gasteiger partial charge in [-0.15, -0.1) is 0 Å². The molecule has 6 heteroatoms. The SMILES string of the molecule is Cc1ccc(C(C)NN2CCOCC2)cc1[N+](=O)[O-]. The maximum Gasteiger partial charge on any atom is 0.272 e. The lowest BCUT2D eigenvalue weighted by Gasteiger charge is -2.30. The van der Waals surface area contributed by atoms with Crippen LogP contribution in [0.4, 0.5) is 5.69 Å². The predicted octanol–water partition coefficient (Wildman–Crippen LogP) is 1.80. The smallest absolute Gasteiger partial charge is 0.272 e. The van der Waals surface area contributed by atoms with Crippen LogP contribution in [-0.2, 0) is 4.74 Å². The molecule has 0 spiro atoms. The van der Waals surface area contributed by atoms with Gasteiger partial charge in [0, 0.05) is 30.8 Å². The van der Waals surface area contributed by atoms with Gasteiger partial charge in [0.25, 0.3) is 5.69 Å². The molecule has 1 aliphatic heterocycles. The summed E-state index contributed by atoms with van der Waals surface area (Å²) < 4.78 is 5.28. The fourth-order valence-corrected chi connectivity index (χ4v) is 2.13. The number of benzene rings is 1. The highest BCUT2D eigenvalue weighted by molar-refractivity contribution is 5.43. The van der Waals surface area contributed by atoms with Crippen LogP contribution in [0.5, 0.6) is 0 Å². The van der Waals surface area contributed by atoms with Gasteiger partial charge in [0.05, 0.1) is 18.1 Å². The summed E-state index contributed by atoms with van der Waals surface area (Å²) in [4.78, 5) is 10.6. The lowest BCUT2D eigenvalue weighted by molar-refractivity contribution is -0.385. The summed E-state index contributed by atoms with van der Waals surface area (Å²) in [5, 5.41) is 13.0. The minimum absolute atomic E-state index is 0.0393. The quantitative estimate of drug-likeness (QED) is 0.664. The highest BCUT2D eigenvalue weighted by Crippen LogP contribution is 2.23. The molecule has 0 saturated carbocycles. The van der Waals surface area contributed by atoms with Gasteiger partial charge in [-0.2, -0.15) is 0 Å². The molecule has 0 aliphatic carbocycles. The van der Waals surface area contributed by atoms with E-state index in [2.05, 4.69) is 10.4 Å². The Bertz CT molecular complexity index is 458. The van der Waals surface area contributed by atoms with E-state index in [1.165, 1.54) is 0 Å². The van der Waals surface area contributed by atoms with Crippen molar-refractivity contribution in [2.24, 2.45) is 0 Å². The molecular formula is C13H19N3O3. The molecule has 1 saturated heterocycles. The third-order valence-corrected chi connectivity index (χ3v) is 3.32. The number of rotatable bonds is 4. The molecule has 1 N–H and O–H groups in total. The van der Waals surface area contributed by atoms with Crippen LogP contribution in [0.3, 0.4) is 0 Å². The Kier molecular flexibility index (Phi) is 4.47. The van der Waals surface area contributed by atoms with Crippen molar-refractivity contribution >= 4 is 5.69 Å². The van der Waals surface area contributed by atoms with E-state index in [0.29, 0.717) is 18.8 Å². The minimum Gasteiger partial charge on any atom is -0.379 e. The first-order valence-corrected chi connectivity index (χ1v) is 6.41. The van der Waals surface area contributed by atoms with Crippen LogP contribution in [0.25, 0.3) is 0 Å². The summed E-state index contributed by atoms with van der Waals surface area (Å²) in [5.41, 5.74) is 5.13. The topological polar surface area (TPSA) is 67.6 Å². The van der Waals surface area contributed by atoms with E-state index in [0.717, 1.165) is 18.7 Å². The zero-order valence-corrected chi connectivity index (χ0v) is 11.3. The molecule has 0 amide bonds. The Labute approximate surface area is 112 Å². The van der Waals surface area contributed by atoms with E-state index in [4.69, 9.17) is 4.74 Å². The van der Waals surface area contributed by atoms with Crippen LogP contribution < -0.4 is 5.43 Å². The van der Waals surface area contributed by atoms with E-state index in [-0.39, 0.29) is 16.7 Å². The third kappa shape index (κ3) is 3.50. The third-order valence-electron chi connectivity index (χ3n) is 3.32. The molecule has 0 radical (unpaired) electrons. The summed E-state index contributed by atoms with van der Waals surface area (Å²) in [6.45, 7) is 6.85. The summed E-state index contributed by atoms with van der Waals surface area (Å²) in [6.07, 6.45) is 0. The summed E-state index contributed by atoms with van der Waals surface area (Å²) in [5.74, 6) is 0. The van der Waals surface area contributed by atoms with Crippen LogP contribution in [-0.4, -0.2) is 36.2 Å². The van der Waals surface area contributed by atoms with Gasteiger partial charge in [-0.05, 0) is 19.4 Å². The lowest BCUT2D eigenvalue weighted by Crippen LogP contribution is -2.46. The fourth-order valence-electron chi connectivity index (χ4n) is 2.13. The molecule has 1 atom stereocenters. The van der Waals surface area contributed by atoms with Crippen molar-refractivity contribution in [1.82, 2.24) is 10.4 Å². The minimum atomic E-state index is -0.333. The van der Waals surface area contributed by atoms with Crippen LogP contribution in [0, 0.1) is 17.0 Å². The zero-order valence-electron chi connectivity index (χ0n) is 11.3. The predicted molar refractivity (Wildman–Crippen MR) is 71.8 cm³/mol. The maximum absolute atomic E-state index is 10.9. The van der Waals surface area contributed by atoms with Gasteiger partial charge < -0.3 is 4.74 Å². The van der Waals surface area contributed by atoms with E-state index in [9.17, 15) is 10.1 Å². The van der Waals surface area contributed by atoms with Gasteiger partial charge in [-0.3, -0.25) is 10.1 Å². The number of morpholine rings is 1. The van der Waals surface area contributed by atoms with Crippen molar-refractivity contribution in [2.75, 3.05) is 26.3 Å². The van der Waals surface area contributed by atoms with Crippen molar-refractivity contribution < 1.29 is 9.66 Å². The van der Waals surface area contributed by atoms with Crippen molar-refractivity contribution in [1.29, 1.82) is 0 Å². The standard InChI is InChI=1S/C13H19N3O3/c1-10-3-4-12(9-13(10)16(17)18)11(2)14-15-5-7-19-8-6-15/h3-4,9,11,14H,5-8H2,1-2H3. The molecule has 0 aromatic heterocycles. The Morgan fingerprint density at radius 1 is 1.42 bits per heavy atom. The van der Waals surface area contributed by atoms with Crippen molar-refractivity contribution in [3.8, 4) is 0 Å². The second kappa shape index (κ2) is 6.10. The number of hydrogen-bond donors (Lipinski definition) is 1. The molecule has 104 valence electrons. The van der Waals surface area contributed by atoms with E-state index in [1.54, 1.807) is 19.1 Å². The Hall–Kier alpha value is -1.50. The maximum atomic E-state index is 10.9. The number of hydrazine groups is 1. The molecule has 1 fully saturated rings. The molecule has 1 aromatic carbocycles. The second-order valence-electron chi connectivity index (χ2n) is 4.75. The number of aryl methyl sites for hydroxylation is 1. The zero-order chi connectivity index (χ0) is 13.8. The lowest BCUT2D eigenvalue weighted by atomic mass is 10.1. The average molecular weight is 265 g/mol. The number of hydrogen-bond acceptors (Lipinski definition) is 5. The molecule has 2 rings (SSSR count). The number of nitrogens with one attached hydrogen (secondary N) is 1.